The predicted molar refractivity (Wildman–Crippen MR) is 96.3 cm³/mol. The number of methoxy groups -OCH3 is 1. The first-order chi connectivity index (χ1) is 12.7. The van der Waals surface area contributed by atoms with E-state index in [4.69, 9.17) is 14.5 Å². The molecule has 2 aliphatic heterocycles. The van der Waals surface area contributed by atoms with Crippen LogP contribution in [0.25, 0.3) is 21.8 Å². The van der Waals surface area contributed by atoms with Gasteiger partial charge in [-0.15, -0.1) is 5.52 Å². The fraction of sp³-hybridized carbons (Fsp3) is 0.333. The van der Waals surface area contributed by atoms with Gasteiger partial charge in [-0.05, 0) is 17.7 Å². The number of carbonyl (C=O) groups is 1. The number of ether oxygens (including phenoxy) is 2. The van der Waals surface area contributed by atoms with Gasteiger partial charge < -0.3 is 14.5 Å². The van der Waals surface area contributed by atoms with Gasteiger partial charge in [0, 0.05) is 18.4 Å². The van der Waals surface area contributed by atoms with Gasteiger partial charge in [-0.2, -0.15) is 0 Å². The van der Waals surface area contributed by atoms with E-state index >= 15 is 0 Å². The number of aromatic nitrogens is 2. The fourth-order valence-electron chi connectivity index (χ4n) is 4.49. The Bertz CT molecular complexity index is 1070. The molecule has 5 rings (SSSR count). The Kier molecular flexibility index (Phi) is 4.59. The Morgan fingerprint density at radius 1 is 1.26 bits per heavy atom. The van der Waals surface area contributed by atoms with Gasteiger partial charge in [0.2, 0.25) is 0 Å². The minimum absolute atomic E-state index is 0. The number of pyridine rings is 1. The number of esters is 1. The SMILES string of the molecule is COC(=O)C1=CO[C@@H](C)[C@H]2C[n+]3ccc4c([n-]c5ccccc54)c3C[C@H]12.[W+4]. The molecule has 3 atom stereocenters. The van der Waals surface area contributed by atoms with Crippen LogP contribution in [-0.4, -0.2) is 19.2 Å². The summed E-state index contributed by atoms with van der Waals surface area (Å²) >= 11 is 0. The van der Waals surface area contributed by atoms with Crippen molar-refractivity contribution in [2.24, 2.45) is 11.8 Å². The Balaban J connectivity index is 0.00000180. The molecule has 0 saturated carbocycles. The van der Waals surface area contributed by atoms with Crippen molar-refractivity contribution in [1.29, 1.82) is 0 Å². The van der Waals surface area contributed by atoms with Crippen LogP contribution in [0.3, 0.4) is 0 Å². The molecule has 0 bridgehead atoms. The van der Waals surface area contributed by atoms with Crippen LogP contribution in [0, 0.1) is 11.8 Å². The molecule has 6 heteroatoms. The molecule has 134 valence electrons. The first-order valence-corrected chi connectivity index (χ1v) is 8.97. The van der Waals surface area contributed by atoms with E-state index in [2.05, 4.69) is 29.8 Å². The fourth-order valence-corrected chi connectivity index (χ4v) is 4.49. The molecule has 0 fully saturated rings. The van der Waals surface area contributed by atoms with Crippen LogP contribution in [0.1, 0.15) is 12.6 Å². The van der Waals surface area contributed by atoms with Gasteiger partial charge in [-0.25, -0.2) is 9.36 Å². The third-order valence-electron chi connectivity index (χ3n) is 5.89. The smallest absolute Gasteiger partial charge is 0.652 e. The van der Waals surface area contributed by atoms with E-state index in [0.29, 0.717) is 5.57 Å². The third-order valence-corrected chi connectivity index (χ3v) is 5.89. The maximum Gasteiger partial charge on any atom is 4.00 e. The number of fused-ring (bicyclic) bond motifs is 6. The Hall–Kier alpha value is -2.13. The molecule has 2 aromatic heterocycles. The van der Waals surface area contributed by atoms with Gasteiger partial charge in [0.05, 0.1) is 24.9 Å². The summed E-state index contributed by atoms with van der Waals surface area (Å²) < 4.78 is 13.0. The van der Waals surface area contributed by atoms with Gasteiger partial charge in [0.15, 0.2) is 18.4 Å². The molecule has 27 heavy (non-hydrogen) atoms. The molecular weight excluding hydrogens is 512 g/mol. The van der Waals surface area contributed by atoms with Crippen LogP contribution in [0.2, 0.25) is 0 Å². The Labute approximate surface area is 171 Å². The quantitative estimate of drug-likeness (QED) is 0.357. The van der Waals surface area contributed by atoms with Crippen molar-refractivity contribution in [3.63, 3.8) is 0 Å². The van der Waals surface area contributed by atoms with Crippen LogP contribution in [0.4, 0.5) is 0 Å². The van der Waals surface area contributed by atoms with E-state index in [9.17, 15) is 4.79 Å². The molecule has 0 aliphatic carbocycles. The summed E-state index contributed by atoms with van der Waals surface area (Å²) in [7, 11) is 1.42. The molecule has 5 nitrogen and oxygen atoms in total. The summed E-state index contributed by atoms with van der Waals surface area (Å²) in [5.41, 5.74) is 3.87. The molecular formula is C21H20N2O3W+4. The van der Waals surface area contributed by atoms with Gasteiger partial charge in [0.1, 0.15) is 6.10 Å². The third kappa shape index (κ3) is 2.71. The van der Waals surface area contributed by atoms with E-state index in [1.165, 1.54) is 23.6 Å². The zero-order valence-corrected chi connectivity index (χ0v) is 18.1. The first kappa shape index (κ1) is 18.2. The molecule has 0 unspecified atom stereocenters. The minimum Gasteiger partial charge on any atom is -0.652 e. The maximum absolute atomic E-state index is 12.3. The normalized spacial score (nSPS) is 23.6. The zero-order valence-electron chi connectivity index (χ0n) is 15.2. The molecule has 2 aliphatic rings. The van der Waals surface area contributed by atoms with Crippen LogP contribution >= 0.6 is 0 Å². The second-order valence-electron chi connectivity index (χ2n) is 7.19. The zero-order chi connectivity index (χ0) is 17.8. The standard InChI is InChI=1S/C21H20N2O3.W/c1-12-16-10-23-8-7-14-13-5-3-4-6-18(13)22-20(14)19(23)9-15(16)17(11-26-12)21(24)25-2;/h3-8,11-12,15-16H,9-10H2,1-2H3;/q;+4/t12-,15-,16+;/m0./s1. The van der Waals surface area contributed by atoms with E-state index in [1.807, 2.05) is 18.2 Å². The first-order valence-electron chi connectivity index (χ1n) is 8.97. The molecule has 0 N–H and O–H groups in total. The maximum atomic E-state index is 12.3. The van der Waals surface area contributed by atoms with Crippen LogP contribution in [0.5, 0.6) is 0 Å². The predicted octanol–water partition coefficient (Wildman–Crippen LogP) is 2.50. The number of hydrogen-bond acceptors (Lipinski definition) is 3. The summed E-state index contributed by atoms with van der Waals surface area (Å²) in [5, 5.41) is 2.35. The van der Waals surface area contributed by atoms with Crippen molar-refractivity contribution < 1.29 is 39.9 Å². The molecule has 0 saturated heterocycles. The van der Waals surface area contributed by atoms with Gasteiger partial charge in [0.25, 0.3) is 0 Å². The summed E-state index contributed by atoms with van der Waals surface area (Å²) in [6, 6.07) is 10.4. The number of carbonyl (C=O) groups excluding carboxylic acids is 1. The van der Waals surface area contributed by atoms with Crippen molar-refractivity contribution in [2.75, 3.05) is 7.11 Å². The van der Waals surface area contributed by atoms with Gasteiger partial charge in [-0.1, -0.05) is 29.8 Å². The van der Waals surface area contributed by atoms with Crippen LogP contribution < -0.4 is 9.55 Å². The van der Waals surface area contributed by atoms with Crippen molar-refractivity contribution >= 4 is 27.8 Å². The number of hydrogen-bond donors (Lipinski definition) is 0. The van der Waals surface area contributed by atoms with Crippen LogP contribution in [-0.2, 0) is 48.3 Å². The second-order valence-corrected chi connectivity index (χ2v) is 7.19. The summed E-state index contributed by atoms with van der Waals surface area (Å²) in [5.74, 6) is 0.0400. The number of para-hydroxylation sites is 1. The summed E-state index contributed by atoms with van der Waals surface area (Å²) in [6.45, 7) is 2.88. The van der Waals surface area contributed by atoms with E-state index in [-0.39, 0.29) is 45.0 Å². The molecule has 0 radical (unpaired) electrons. The number of rotatable bonds is 1. The van der Waals surface area contributed by atoms with Gasteiger partial charge in [-0.3, -0.25) is 0 Å². The molecule has 0 spiro atoms. The van der Waals surface area contributed by atoms with E-state index < -0.39 is 0 Å². The molecule has 1 aromatic carbocycles. The van der Waals surface area contributed by atoms with E-state index in [1.54, 1.807) is 6.26 Å². The average Bonchev–Trinajstić information content (AvgIpc) is 3.06. The van der Waals surface area contributed by atoms with E-state index in [0.717, 1.165) is 24.0 Å². The Morgan fingerprint density at radius 2 is 2.07 bits per heavy atom. The van der Waals surface area contributed by atoms with Crippen molar-refractivity contribution in [3.8, 4) is 0 Å². The number of nitrogens with zero attached hydrogens (tertiary/aromatic N) is 2. The summed E-state index contributed by atoms with van der Waals surface area (Å²) in [6.07, 6.45) is 4.57. The van der Waals surface area contributed by atoms with Crippen molar-refractivity contribution in [1.82, 2.24) is 4.98 Å². The molecule has 4 heterocycles. The summed E-state index contributed by atoms with van der Waals surface area (Å²) in [4.78, 5) is 17.1. The van der Waals surface area contributed by atoms with Crippen molar-refractivity contribution in [2.45, 2.75) is 26.0 Å². The largest absolute Gasteiger partial charge is 4.00 e. The minimum atomic E-state index is -0.298. The average molecular weight is 532 g/mol. The van der Waals surface area contributed by atoms with Crippen LogP contribution in [0.15, 0.2) is 48.4 Å². The topological polar surface area (TPSA) is 53.5 Å². The molecule has 3 aromatic rings. The molecule has 0 amide bonds. The van der Waals surface area contributed by atoms with Gasteiger partial charge >= 0.3 is 27.0 Å². The monoisotopic (exact) mass is 532 g/mol. The van der Waals surface area contributed by atoms with Crippen molar-refractivity contribution in [3.05, 3.63) is 54.1 Å². The number of benzene rings is 1. The second kappa shape index (κ2) is 6.79. The Morgan fingerprint density at radius 3 is 2.89 bits per heavy atom.